The second kappa shape index (κ2) is 4.69. The first-order chi connectivity index (χ1) is 9.27. The first kappa shape index (κ1) is 14.2. The van der Waals surface area contributed by atoms with Gasteiger partial charge in [0.1, 0.15) is 0 Å². The van der Waals surface area contributed by atoms with E-state index < -0.39 is 17.4 Å². The number of rotatable bonds is 2. The Labute approximate surface area is 116 Å². The fourth-order valence-electron chi connectivity index (χ4n) is 1.89. The number of ether oxygens (including phenoxy) is 1. The van der Waals surface area contributed by atoms with E-state index in [9.17, 15) is 9.59 Å². The fraction of sp³-hybridized carbons (Fsp3) is 0.583. The average molecular weight is 279 g/mol. The summed E-state index contributed by atoms with van der Waals surface area (Å²) in [5.74, 6) is -1.07. The first-order valence-electron chi connectivity index (χ1n) is 6.28. The summed E-state index contributed by atoms with van der Waals surface area (Å²) in [6.45, 7) is 7.49. The molecule has 1 aromatic rings. The number of carbonyl (C=O) groups excluding carboxylic acids is 2. The third-order valence-electron chi connectivity index (χ3n) is 2.90. The van der Waals surface area contributed by atoms with Gasteiger partial charge in [-0.2, -0.15) is 9.80 Å². The Bertz CT molecular complexity index is 597. The smallest absolute Gasteiger partial charge is 0.345 e. The quantitative estimate of drug-likeness (QED) is 0.829. The normalized spacial score (nSPS) is 18.0. The molecule has 1 aliphatic heterocycles. The Morgan fingerprint density at radius 3 is 2.65 bits per heavy atom. The van der Waals surface area contributed by atoms with Crippen molar-refractivity contribution in [2.24, 2.45) is 15.6 Å². The number of anilines is 1. The molecule has 2 N–H and O–H groups in total. The Hall–Kier alpha value is -2.25. The van der Waals surface area contributed by atoms with Gasteiger partial charge in [0.25, 0.3) is 5.91 Å². The van der Waals surface area contributed by atoms with Crippen LogP contribution in [0.15, 0.2) is 10.2 Å². The SMILES string of the molecule is CCOC(=O)c1c(N)nn2c1N=NC(C(C)(C)C)C2=O. The minimum Gasteiger partial charge on any atom is -0.462 e. The van der Waals surface area contributed by atoms with E-state index in [0.717, 1.165) is 4.68 Å². The Morgan fingerprint density at radius 2 is 2.10 bits per heavy atom. The monoisotopic (exact) mass is 279 g/mol. The highest BCUT2D eigenvalue weighted by molar-refractivity contribution is 6.02. The lowest BCUT2D eigenvalue weighted by molar-refractivity contribution is 0.0528. The van der Waals surface area contributed by atoms with Gasteiger partial charge in [-0.3, -0.25) is 4.79 Å². The number of aromatic nitrogens is 2. The van der Waals surface area contributed by atoms with Crippen LogP contribution >= 0.6 is 0 Å². The van der Waals surface area contributed by atoms with Crippen molar-refractivity contribution in [1.29, 1.82) is 0 Å². The van der Waals surface area contributed by atoms with Crippen LogP contribution in [0.1, 0.15) is 42.8 Å². The van der Waals surface area contributed by atoms with Gasteiger partial charge in [0, 0.05) is 0 Å². The maximum atomic E-state index is 12.3. The van der Waals surface area contributed by atoms with E-state index in [1.165, 1.54) is 0 Å². The van der Waals surface area contributed by atoms with Crippen LogP contribution in [0.2, 0.25) is 0 Å². The predicted molar refractivity (Wildman–Crippen MR) is 71.0 cm³/mol. The zero-order valence-corrected chi connectivity index (χ0v) is 11.9. The van der Waals surface area contributed by atoms with Gasteiger partial charge in [-0.1, -0.05) is 20.8 Å². The molecule has 108 valence electrons. The molecule has 8 nitrogen and oxygen atoms in total. The molecule has 0 fully saturated rings. The van der Waals surface area contributed by atoms with Crippen LogP contribution in [0.4, 0.5) is 11.6 Å². The van der Waals surface area contributed by atoms with Crippen LogP contribution in [0, 0.1) is 5.41 Å². The van der Waals surface area contributed by atoms with Crippen molar-refractivity contribution in [1.82, 2.24) is 9.78 Å². The molecule has 0 aliphatic carbocycles. The van der Waals surface area contributed by atoms with E-state index in [2.05, 4.69) is 15.3 Å². The third kappa shape index (κ3) is 2.17. The highest BCUT2D eigenvalue weighted by Crippen LogP contribution is 2.34. The lowest BCUT2D eigenvalue weighted by Crippen LogP contribution is -2.38. The van der Waals surface area contributed by atoms with Crippen molar-refractivity contribution in [2.45, 2.75) is 33.7 Å². The molecule has 0 aromatic carbocycles. The van der Waals surface area contributed by atoms with Crippen molar-refractivity contribution >= 4 is 23.5 Å². The van der Waals surface area contributed by atoms with Gasteiger partial charge < -0.3 is 10.5 Å². The molecule has 8 heteroatoms. The lowest BCUT2D eigenvalue weighted by atomic mass is 9.86. The Balaban J connectivity index is 2.49. The van der Waals surface area contributed by atoms with Crippen LogP contribution in [0.5, 0.6) is 0 Å². The van der Waals surface area contributed by atoms with Crippen molar-refractivity contribution < 1.29 is 14.3 Å². The summed E-state index contributed by atoms with van der Waals surface area (Å²) in [6.07, 6.45) is 0. The molecule has 1 atom stereocenters. The number of nitrogens with two attached hydrogens (primary N) is 1. The summed E-state index contributed by atoms with van der Waals surface area (Å²) in [5.41, 5.74) is 5.27. The number of carbonyl (C=O) groups is 2. The van der Waals surface area contributed by atoms with Crippen LogP contribution in [0.25, 0.3) is 0 Å². The molecule has 0 saturated heterocycles. The van der Waals surface area contributed by atoms with Gasteiger partial charge in [-0.25, -0.2) is 4.79 Å². The number of azo groups is 1. The number of fused-ring (bicyclic) bond motifs is 1. The number of hydrogen-bond donors (Lipinski definition) is 1. The average Bonchev–Trinajstić information content (AvgIpc) is 2.65. The fourth-order valence-corrected chi connectivity index (χ4v) is 1.89. The molecular formula is C12H17N5O3. The number of hydrogen-bond acceptors (Lipinski definition) is 7. The van der Waals surface area contributed by atoms with Gasteiger partial charge in [0.2, 0.25) is 0 Å². The topological polar surface area (TPSA) is 112 Å². The Morgan fingerprint density at radius 1 is 1.45 bits per heavy atom. The maximum Gasteiger partial charge on any atom is 0.345 e. The highest BCUT2D eigenvalue weighted by atomic mass is 16.5. The summed E-state index contributed by atoms with van der Waals surface area (Å²) in [7, 11) is 0. The van der Waals surface area contributed by atoms with E-state index in [-0.39, 0.29) is 29.7 Å². The number of nitrogens with zero attached hydrogens (tertiary/aromatic N) is 4. The molecule has 0 bridgehead atoms. The molecule has 20 heavy (non-hydrogen) atoms. The standard InChI is InChI=1S/C12H17N5O3/c1-5-20-11(19)6-8(13)16-17-9(6)15-14-7(10(17)18)12(2,3)4/h7H,5H2,1-4H3,(H2,13,16). The van der Waals surface area contributed by atoms with Crippen molar-refractivity contribution in [3.63, 3.8) is 0 Å². The van der Waals surface area contributed by atoms with E-state index >= 15 is 0 Å². The van der Waals surface area contributed by atoms with Crippen LogP contribution in [-0.2, 0) is 4.74 Å². The summed E-state index contributed by atoms with van der Waals surface area (Å²) >= 11 is 0. The number of esters is 1. The van der Waals surface area contributed by atoms with Gasteiger partial charge in [-0.15, -0.1) is 10.2 Å². The molecule has 0 saturated carbocycles. The highest BCUT2D eigenvalue weighted by Gasteiger charge is 2.39. The maximum absolute atomic E-state index is 12.3. The molecule has 2 heterocycles. The minimum absolute atomic E-state index is 0.0173. The largest absolute Gasteiger partial charge is 0.462 e. The molecule has 0 radical (unpaired) electrons. The predicted octanol–water partition coefficient (Wildman–Crippen LogP) is 1.79. The van der Waals surface area contributed by atoms with E-state index in [1.807, 2.05) is 20.8 Å². The van der Waals surface area contributed by atoms with E-state index in [4.69, 9.17) is 10.5 Å². The summed E-state index contributed by atoms with van der Waals surface area (Å²) in [4.78, 5) is 24.2. The summed E-state index contributed by atoms with van der Waals surface area (Å²) < 4.78 is 5.91. The van der Waals surface area contributed by atoms with Crippen molar-refractivity contribution in [2.75, 3.05) is 12.3 Å². The van der Waals surface area contributed by atoms with Crippen LogP contribution < -0.4 is 5.73 Å². The molecule has 1 aromatic heterocycles. The van der Waals surface area contributed by atoms with Gasteiger partial charge in [0.05, 0.1) is 6.61 Å². The van der Waals surface area contributed by atoms with Gasteiger partial charge >= 0.3 is 5.97 Å². The van der Waals surface area contributed by atoms with Crippen LogP contribution in [0.3, 0.4) is 0 Å². The third-order valence-corrected chi connectivity index (χ3v) is 2.90. The molecule has 0 amide bonds. The lowest BCUT2D eigenvalue weighted by Gasteiger charge is -2.26. The minimum atomic E-state index is -0.663. The number of nitrogen functional groups attached to an aromatic ring is 1. The van der Waals surface area contributed by atoms with Crippen molar-refractivity contribution in [3.05, 3.63) is 5.56 Å². The van der Waals surface area contributed by atoms with E-state index in [0.29, 0.717) is 0 Å². The van der Waals surface area contributed by atoms with E-state index in [1.54, 1.807) is 6.92 Å². The zero-order chi connectivity index (χ0) is 15.1. The first-order valence-corrected chi connectivity index (χ1v) is 6.28. The zero-order valence-electron chi connectivity index (χ0n) is 11.9. The second-order valence-electron chi connectivity index (χ2n) is 5.54. The molecule has 1 unspecified atom stereocenters. The van der Waals surface area contributed by atoms with Gasteiger partial charge in [0.15, 0.2) is 23.2 Å². The summed E-state index contributed by atoms with van der Waals surface area (Å²) in [5, 5.41) is 11.8. The molecule has 0 spiro atoms. The Kier molecular flexibility index (Phi) is 3.33. The molecule has 1 aliphatic rings. The van der Waals surface area contributed by atoms with Crippen molar-refractivity contribution in [3.8, 4) is 0 Å². The van der Waals surface area contributed by atoms with Gasteiger partial charge in [-0.05, 0) is 12.3 Å². The summed E-state index contributed by atoms with van der Waals surface area (Å²) in [6, 6.07) is -0.663. The molecule has 2 rings (SSSR count). The molecular weight excluding hydrogens is 262 g/mol. The van der Waals surface area contributed by atoms with Crippen LogP contribution in [-0.4, -0.2) is 34.3 Å². The second-order valence-corrected chi connectivity index (χ2v) is 5.54.